The van der Waals surface area contributed by atoms with E-state index in [0.717, 1.165) is 10.9 Å². The molecule has 0 aliphatic carbocycles. The average molecular weight is 353 g/mol. The van der Waals surface area contributed by atoms with E-state index in [2.05, 4.69) is 26.2 Å². The summed E-state index contributed by atoms with van der Waals surface area (Å²) in [5, 5.41) is 7.46. The molecule has 1 aromatic carbocycles. The van der Waals surface area contributed by atoms with Crippen LogP contribution in [0, 0.1) is 12.3 Å². The van der Waals surface area contributed by atoms with Gasteiger partial charge in [0.1, 0.15) is 12.9 Å². The van der Waals surface area contributed by atoms with Crippen molar-refractivity contribution < 1.29 is 14.4 Å². The highest BCUT2D eigenvalue weighted by Crippen LogP contribution is 2.22. The van der Waals surface area contributed by atoms with Gasteiger partial charge in [-0.25, -0.2) is 0 Å². The Bertz CT molecular complexity index is 853. The van der Waals surface area contributed by atoms with Crippen molar-refractivity contribution in [2.45, 2.75) is 38.8 Å². The van der Waals surface area contributed by atoms with Crippen LogP contribution in [0.25, 0.3) is 10.9 Å². The van der Waals surface area contributed by atoms with Crippen molar-refractivity contribution in [3.05, 3.63) is 36.0 Å². The molecule has 0 saturated carbocycles. The minimum absolute atomic E-state index is 0.226. The minimum Gasteiger partial charge on any atom is -0.481 e. The molecule has 1 N–H and O–H groups in total. The topological polar surface area (TPSA) is 72.8 Å². The van der Waals surface area contributed by atoms with Crippen LogP contribution in [-0.4, -0.2) is 35.9 Å². The van der Waals surface area contributed by atoms with Gasteiger partial charge in [-0.05, 0) is 44.5 Å². The summed E-state index contributed by atoms with van der Waals surface area (Å²) >= 11 is 0. The molecule has 0 radical (unpaired) electrons. The molecule has 0 saturated heterocycles. The maximum absolute atomic E-state index is 12.5. The highest BCUT2D eigenvalue weighted by molar-refractivity contribution is 5.86. The number of nitrogens with one attached hydrogen (secondary N) is 1. The molecule has 6 heteroatoms. The predicted octanol–water partition coefficient (Wildman–Crippen LogP) is 2.90. The predicted molar refractivity (Wildman–Crippen MR) is 102 cm³/mol. The molecule has 0 aliphatic rings. The number of fused-ring (bicyclic) bond motifs is 1. The summed E-state index contributed by atoms with van der Waals surface area (Å²) in [6.45, 7) is 5.53. The monoisotopic (exact) mass is 353 g/mol. The zero-order chi connectivity index (χ0) is 19.2. The van der Waals surface area contributed by atoms with E-state index >= 15 is 0 Å². The van der Waals surface area contributed by atoms with Gasteiger partial charge in [-0.2, -0.15) is 0 Å². The van der Waals surface area contributed by atoms with Gasteiger partial charge in [0.15, 0.2) is 6.10 Å². The first kappa shape index (κ1) is 19.3. The number of ether oxygens (including phenoxy) is 1. The van der Waals surface area contributed by atoms with E-state index in [-0.39, 0.29) is 5.91 Å². The van der Waals surface area contributed by atoms with Crippen LogP contribution in [0.4, 0.5) is 0 Å². The van der Waals surface area contributed by atoms with Gasteiger partial charge in [-0.3, -0.25) is 9.78 Å². The van der Waals surface area contributed by atoms with Crippen molar-refractivity contribution in [1.82, 2.24) is 10.3 Å². The van der Waals surface area contributed by atoms with E-state index < -0.39 is 11.6 Å². The molecule has 136 valence electrons. The van der Waals surface area contributed by atoms with Crippen LogP contribution >= 0.6 is 0 Å². The van der Waals surface area contributed by atoms with Gasteiger partial charge in [0, 0.05) is 17.1 Å². The van der Waals surface area contributed by atoms with Gasteiger partial charge in [-0.1, -0.05) is 18.0 Å². The van der Waals surface area contributed by atoms with Crippen molar-refractivity contribution in [3.63, 3.8) is 0 Å². The summed E-state index contributed by atoms with van der Waals surface area (Å²) in [7, 11) is 1.45. The van der Waals surface area contributed by atoms with Crippen molar-refractivity contribution in [3.8, 4) is 18.1 Å². The number of carbonyl (C=O) groups excluding carboxylic acids is 1. The number of carbonyl (C=O) groups is 1. The molecule has 1 amide bonds. The lowest BCUT2D eigenvalue weighted by atomic mass is 10.1. The fourth-order valence-electron chi connectivity index (χ4n) is 2.36. The van der Waals surface area contributed by atoms with Gasteiger partial charge >= 0.3 is 0 Å². The lowest BCUT2D eigenvalue weighted by Crippen LogP contribution is -2.50. The van der Waals surface area contributed by atoms with Crippen molar-refractivity contribution >= 4 is 23.0 Å². The maximum Gasteiger partial charge on any atom is 0.261 e. The van der Waals surface area contributed by atoms with Gasteiger partial charge in [0.05, 0.1) is 17.3 Å². The van der Waals surface area contributed by atoms with E-state index in [1.165, 1.54) is 13.3 Å². The summed E-state index contributed by atoms with van der Waals surface area (Å²) in [4.78, 5) is 21.5. The summed E-state index contributed by atoms with van der Waals surface area (Å²) in [6, 6.07) is 7.32. The van der Waals surface area contributed by atoms with Crippen LogP contribution in [-0.2, 0) is 9.63 Å². The summed E-state index contributed by atoms with van der Waals surface area (Å²) in [6.07, 6.45) is 8.48. The van der Waals surface area contributed by atoms with Crippen LogP contribution < -0.4 is 10.1 Å². The molecular formula is C20H23N3O3. The average Bonchev–Trinajstić information content (AvgIpc) is 2.63. The van der Waals surface area contributed by atoms with Crippen molar-refractivity contribution in [2.24, 2.45) is 5.16 Å². The number of benzene rings is 1. The lowest BCUT2D eigenvalue weighted by Gasteiger charge is -2.25. The van der Waals surface area contributed by atoms with E-state index in [1.54, 1.807) is 12.3 Å². The largest absolute Gasteiger partial charge is 0.481 e. The normalized spacial score (nSPS) is 12.6. The molecule has 1 unspecified atom stereocenters. The quantitative estimate of drug-likeness (QED) is 0.472. The second-order valence-electron chi connectivity index (χ2n) is 6.37. The molecule has 0 fully saturated rings. The summed E-state index contributed by atoms with van der Waals surface area (Å²) in [5.41, 5.74) is 0.850. The molecule has 0 aliphatic heterocycles. The number of hydrogen-bond donors (Lipinski definition) is 1. The van der Waals surface area contributed by atoms with Crippen LogP contribution in [0.2, 0.25) is 0 Å². The second kappa shape index (κ2) is 8.34. The van der Waals surface area contributed by atoms with E-state index in [4.69, 9.17) is 11.2 Å². The van der Waals surface area contributed by atoms with Crippen molar-refractivity contribution in [1.29, 1.82) is 0 Å². The molecule has 0 bridgehead atoms. The number of aromatic nitrogens is 1. The second-order valence-corrected chi connectivity index (χ2v) is 6.37. The van der Waals surface area contributed by atoms with Crippen molar-refractivity contribution in [2.75, 3.05) is 7.11 Å². The standard InChI is InChI=1S/C20H23N3O3/c1-6-14-10-15-11-16(8-9-17(15)21-12-14)26-18(7-2)19(24)23-20(3,4)13-22-25-5/h1,8-13,18H,7H2,2-5H3,(H,23,24). The Labute approximate surface area is 153 Å². The molecular weight excluding hydrogens is 330 g/mol. The highest BCUT2D eigenvalue weighted by atomic mass is 16.6. The number of nitrogens with zero attached hydrogens (tertiary/aromatic N) is 2. The van der Waals surface area contributed by atoms with Crippen LogP contribution in [0.5, 0.6) is 5.75 Å². The molecule has 1 atom stereocenters. The molecule has 2 aromatic rings. The molecule has 1 heterocycles. The zero-order valence-corrected chi connectivity index (χ0v) is 15.4. The van der Waals surface area contributed by atoms with E-state index in [1.807, 2.05) is 39.0 Å². The Balaban J connectivity index is 2.16. The first-order valence-corrected chi connectivity index (χ1v) is 8.31. The fourth-order valence-corrected chi connectivity index (χ4v) is 2.36. The summed E-state index contributed by atoms with van der Waals surface area (Å²) < 4.78 is 5.89. The van der Waals surface area contributed by atoms with E-state index in [9.17, 15) is 4.79 Å². The Morgan fingerprint density at radius 3 is 2.88 bits per heavy atom. The molecule has 6 nitrogen and oxygen atoms in total. The fraction of sp³-hybridized carbons (Fsp3) is 0.350. The van der Waals surface area contributed by atoms with Gasteiger partial charge in [-0.15, -0.1) is 6.42 Å². The van der Waals surface area contributed by atoms with Crippen LogP contribution in [0.15, 0.2) is 35.6 Å². The Hall–Kier alpha value is -3.07. The van der Waals surface area contributed by atoms with Gasteiger partial charge in [0.25, 0.3) is 5.91 Å². The molecule has 1 aromatic heterocycles. The smallest absolute Gasteiger partial charge is 0.261 e. The maximum atomic E-state index is 12.5. The number of rotatable bonds is 7. The molecule has 2 rings (SSSR count). The Morgan fingerprint density at radius 1 is 1.46 bits per heavy atom. The molecule has 26 heavy (non-hydrogen) atoms. The third kappa shape index (κ3) is 4.96. The van der Waals surface area contributed by atoms with Gasteiger partial charge in [0.2, 0.25) is 0 Å². The summed E-state index contributed by atoms with van der Waals surface area (Å²) in [5.74, 6) is 2.92. The van der Waals surface area contributed by atoms with E-state index in [0.29, 0.717) is 17.7 Å². The first-order chi connectivity index (χ1) is 12.4. The van der Waals surface area contributed by atoms with Gasteiger partial charge < -0.3 is 14.9 Å². The SMILES string of the molecule is C#Cc1cnc2ccc(OC(CC)C(=O)NC(C)(C)C=NOC)cc2c1. The first-order valence-electron chi connectivity index (χ1n) is 8.31. The number of hydrogen-bond acceptors (Lipinski definition) is 5. The Morgan fingerprint density at radius 2 is 2.23 bits per heavy atom. The lowest BCUT2D eigenvalue weighted by molar-refractivity contribution is -0.129. The zero-order valence-electron chi connectivity index (χ0n) is 15.4. The van der Waals surface area contributed by atoms with Crippen LogP contribution in [0.1, 0.15) is 32.8 Å². The number of oxime groups is 1. The number of terminal acetylenes is 1. The Kier molecular flexibility index (Phi) is 6.18. The number of pyridine rings is 1. The third-order valence-electron chi connectivity index (χ3n) is 3.69. The van der Waals surface area contributed by atoms with Crippen LogP contribution in [0.3, 0.4) is 0 Å². The highest BCUT2D eigenvalue weighted by Gasteiger charge is 2.25. The minimum atomic E-state index is -0.654. The number of amides is 1. The molecule has 0 spiro atoms. The third-order valence-corrected chi connectivity index (χ3v) is 3.69.